The SMILES string of the molecule is NNC(=O)c1cnc(-c2cccc(Br)c2)nc1. The van der Waals surface area contributed by atoms with E-state index in [2.05, 4.69) is 25.9 Å². The second-order valence-corrected chi connectivity index (χ2v) is 4.19. The zero-order chi connectivity index (χ0) is 12.3. The van der Waals surface area contributed by atoms with Gasteiger partial charge in [-0.25, -0.2) is 15.8 Å². The number of halogens is 1. The molecule has 0 bridgehead atoms. The van der Waals surface area contributed by atoms with Gasteiger partial charge in [-0.2, -0.15) is 0 Å². The molecule has 0 aliphatic rings. The lowest BCUT2D eigenvalue weighted by Gasteiger charge is -2.02. The summed E-state index contributed by atoms with van der Waals surface area (Å²) in [5.74, 6) is 5.16. The van der Waals surface area contributed by atoms with Crippen LogP contribution in [0, 0.1) is 0 Å². The van der Waals surface area contributed by atoms with E-state index in [1.807, 2.05) is 29.7 Å². The molecule has 0 atom stereocenters. The maximum absolute atomic E-state index is 11.2. The molecule has 0 saturated carbocycles. The highest BCUT2D eigenvalue weighted by Crippen LogP contribution is 2.19. The van der Waals surface area contributed by atoms with Crippen LogP contribution >= 0.6 is 15.9 Å². The van der Waals surface area contributed by atoms with Gasteiger partial charge < -0.3 is 0 Å². The van der Waals surface area contributed by atoms with Gasteiger partial charge in [0, 0.05) is 22.4 Å². The number of rotatable bonds is 2. The van der Waals surface area contributed by atoms with Crippen LogP contribution in [-0.2, 0) is 0 Å². The summed E-state index contributed by atoms with van der Waals surface area (Å²) in [6.07, 6.45) is 2.87. The molecule has 0 unspecified atom stereocenters. The number of nitrogens with zero attached hydrogens (tertiary/aromatic N) is 2. The summed E-state index contributed by atoms with van der Waals surface area (Å²) in [6.45, 7) is 0. The first kappa shape index (κ1) is 11.7. The van der Waals surface area contributed by atoms with Crippen LogP contribution in [0.4, 0.5) is 0 Å². The van der Waals surface area contributed by atoms with Crippen molar-refractivity contribution in [1.29, 1.82) is 0 Å². The van der Waals surface area contributed by atoms with Crippen molar-refractivity contribution >= 4 is 21.8 Å². The van der Waals surface area contributed by atoms with Crippen molar-refractivity contribution < 1.29 is 4.79 Å². The molecule has 2 aromatic rings. The second kappa shape index (κ2) is 5.03. The van der Waals surface area contributed by atoms with E-state index >= 15 is 0 Å². The molecule has 5 nitrogen and oxygen atoms in total. The smallest absolute Gasteiger partial charge is 0.268 e. The molecule has 6 heteroatoms. The van der Waals surface area contributed by atoms with Crippen molar-refractivity contribution in [3.8, 4) is 11.4 Å². The molecule has 1 aromatic heterocycles. The van der Waals surface area contributed by atoms with Crippen molar-refractivity contribution in [2.45, 2.75) is 0 Å². The number of nitrogen functional groups attached to an aromatic ring is 1. The van der Waals surface area contributed by atoms with E-state index < -0.39 is 5.91 Å². The standard InChI is InChI=1S/C11H9BrN4O/c12-9-3-1-2-7(4-9)10-14-5-8(6-15-10)11(17)16-13/h1-6H,13H2,(H,16,17). The highest BCUT2D eigenvalue weighted by molar-refractivity contribution is 9.10. The normalized spacial score (nSPS) is 10.0. The zero-order valence-corrected chi connectivity index (χ0v) is 10.3. The van der Waals surface area contributed by atoms with E-state index in [0.717, 1.165) is 10.0 Å². The summed E-state index contributed by atoms with van der Waals surface area (Å²) in [7, 11) is 0. The number of hydrazine groups is 1. The Hall–Kier alpha value is -1.79. The first-order valence-electron chi connectivity index (χ1n) is 4.79. The van der Waals surface area contributed by atoms with Crippen LogP contribution in [0.15, 0.2) is 41.1 Å². The largest absolute Gasteiger partial charge is 0.290 e. The van der Waals surface area contributed by atoms with Gasteiger partial charge in [0.1, 0.15) is 0 Å². The minimum atomic E-state index is -0.411. The third-order valence-corrected chi connectivity index (χ3v) is 2.62. The molecule has 0 fully saturated rings. The second-order valence-electron chi connectivity index (χ2n) is 3.28. The van der Waals surface area contributed by atoms with E-state index in [1.54, 1.807) is 0 Å². The summed E-state index contributed by atoms with van der Waals surface area (Å²) in [5.41, 5.74) is 3.22. The average Bonchev–Trinajstić information content (AvgIpc) is 2.38. The maximum atomic E-state index is 11.2. The lowest BCUT2D eigenvalue weighted by Crippen LogP contribution is -2.30. The monoisotopic (exact) mass is 292 g/mol. The fourth-order valence-corrected chi connectivity index (χ4v) is 1.70. The average molecular weight is 293 g/mol. The lowest BCUT2D eigenvalue weighted by molar-refractivity contribution is 0.0953. The number of aromatic nitrogens is 2. The first-order valence-corrected chi connectivity index (χ1v) is 5.59. The van der Waals surface area contributed by atoms with E-state index in [-0.39, 0.29) is 0 Å². The molecular formula is C11H9BrN4O. The Balaban J connectivity index is 2.32. The Morgan fingerprint density at radius 2 is 2.00 bits per heavy atom. The van der Waals surface area contributed by atoms with E-state index in [4.69, 9.17) is 5.84 Å². The predicted octanol–water partition coefficient (Wildman–Crippen LogP) is 1.51. The van der Waals surface area contributed by atoms with Gasteiger partial charge in [0.15, 0.2) is 5.82 Å². The molecule has 2 rings (SSSR count). The predicted molar refractivity (Wildman–Crippen MR) is 66.8 cm³/mol. The van der Waals surface area contributed by atoms with Gasteiger partial charge in [-0.3, -0.25) is 10.2 Å². The first-order chi connectivity index (χ1) is 8.20. The molecule has 17 heavy (non-hydrogen) atoms. The molecule has 0 spiro atoms. The van der Waals surface area contributed by atoms with Crippen molar-refractivity contribution in [3.63, 3.8) is 0 Å². The highest BCUT2D eigenvalue weighted by atomic mass is 79.9. The van der Waals surface area contributed by atoms with E-state index in [1.165, 1.54) is 12.4 Å². The summed E-state index contributed by atoms with van der Waals surface area (Å²) >= 11 is 3.37. The molecule has 86 valence electrons. The van der Waals surface area contributed by atoms with Gasteiger partial charge in [-0.1, -0.05) is 28.1 Å². The Labute approximate surface area is 106 Å². The molecule has 3 N–H and O–H groups in total. The number of benzene rings is 1. The topological polar surface area (TPSA) is 80.9 Å². The summed E-state index contributed by atoms with van der Waals surface area (Å²) in [4.78, 5) is 19.4. The Kier molecular flexibility index (Phi) is 3.46. The Bertz CT molecular complexity index is 541. The van der Waals surface area contributed by atoms with Gasteiger partial charge >= 0.3 is 0 Å². The van der Waals surface area contributed by atoms with Crippen LogP contribution in [0.5, 0.6) is 0 Å². The third-order valence-electron chi connectivity index (χ3n) is 2.13. The van der Waals surface area contributed by atoms with Crippen LogP contribution in [0.1, 0.15) is 10.4 Å². The molecule has 0 saturated heterocycles. The highest BCUT2D eigenvalue weighted by Gasteiger charge is 2.06. The number of hydrogen-bond donors (Lipinski definition) is 2. The van der Waals surface area contributed by atoms with Crippen molar-refractivity contribution in [3.05, 3.63) is 46.7 Å². The van der Waals surface area contributed by atoms with E-state index in [9.17, 15) is 4.79 Å². The van der Waals surface area contributed by atoms with Gasteiger partial charge in [0.2, 0.25) is 0 Å². The number of carbonyl (C=O) groups excluding carboxylic acids is 1. The molecule has 1 amide bonds. The number of amides is 1. The van der Waals surface area contributed by atoms with E-state index in [0.29, 0.717) is 11.4 Å². The summed E-state index contributed by atoms with van der Waals surface area (Å²) in [5, 5.41) is 0. The van der Waals surface area contributed by atoms with Gasteiger partial charge in [0.25, 0.3) is 5.91 Å². The van der Waals surface area contributed by atoms with Gasteiger partial charge in [-0.05, 0) is 12.1 Å². The Morgan fingerprint density at radius 1 is 1.29 bits per heavy atom. The van der Waals surface area contributed by atoms with Crippen LogP contribution in [0.3, 0.4) is 0 Å². The van der Waals surface area contributed by atoms with Crippen LogP contribution in [0.25, 0.3) is 11.4 Å². The molecule has 0 radical (unpaired) electrons. The Morgan fingerprint density at radius 3 is 2.59 bits per heavy atom. The van der Waals surface area contributed by atoms with Crippen molar-refractivity contribution in [1.82, 2.24) is 15.4 Å². The van der Waals surface area contributed by atoms with Crippen LogP contribution in [-0.4, -0.2) is 15.9 Å². The number of nitrogens with one attached hydrogen (secondary N) is 1. The molecule has 1 heterocycles. The fourth-order valence-electron chi connectivity index (χ4n) is 1.31. The lowest BCUT2D eigenvalue weighted by atomic mass is 10.2. The van der Waals surface area contributed by atoms with Crippen LogP contribution in [0.2, 0.25) is 0 Å². The summed E-state index contributed by atoms with van der Waals surface area (Å²) < 4.78 is 0.947. The van der Waals surface area contributed by atoms with Gasteiger partial charge in [-0.15, -0.1) is 0 Å². The van der Waals surface area contributed by atoms with Crippen molar-refractivity contribution in [2.24, 2.45) is 5.84 Å². The summed E-state index contributed by atoms with van der Waals surface area (Å²) in [6, 6.07) is 7.60. The zero-order valence-electron chi connectivity index (χ0n) is 8.72. The number of hydrogen-bond acceptors (Lipinski definition) is 4. The fraction of sp³-hybridized carbons (Fsp3) is 0. The quantitative estimate of drug-likeness (QED) is 0.499. The minimum Gasteiger partial charge on any atom is -0.290 e. The van der Waals surface area contributed by atoms with Crippen molar-refractivity contribution in [2.75, 3.05) is 0 Å². The number of carbonyl (C=O) groups is 1. The maximum Gasteiger partial charge on any atom is 0.268 e. The molecule has 1 aromatic carbocycles. The third kappa shape index (κ3) is 2.66. The molecule has 0 aliphatic carbocycles. The van der Waals surface area contributed by atoms with Gasteiger partial charge in [0.05, 0.1) is 5.56 Å². The number of nitrogens with two attached hydrogens (primary N) is 1. The van der Waals surface area contributed by atoms with Crippen LogP contribution < -0.4 is 11.3 Å². The minimum absolute atomic E-state index is 0.325. The molecular weight excluding hydrogens is 284 g/mol. The molecule has 0 aliphatic heterocycles.